The number of nitrogens with one attached hydrogen (secondary N) is 2. The van der Waals surface area contributed by atoms with E-state index in [0.29, 0.717) is 19.8 Å². The first-order valence-corrected chi connectivity index (χ1v) is 7.21. The second kappa shape index (κ2) is 9.81. The summed E-state index contributed by atoms with van der Waals surface area (Å²) in [5.74, 6) is 0. The van der Waals surface area contributed by atoms with Crippen molar-refractivity contribution < 1.29 is 14.3 Å². The van der Waals surface area contributed by atoms with Crippen LogP contribution in [-0.2, 0) is 9.47 Å². The van der Waals surface area contributed by atoms with E-state index in [0.717, 1.165) is 12.8 Å². The number of allylic oxidation sites excluding steroid dienone is 1. The van der Waals surface area contributed by atoms with Crippen LogP contribution in [0.25, 0.3) is 0 Å². The lowest BCUT2D eigenvalue weighted by Crippen LogP contribution is -2.39. The van der Waals surface area contributed by atoms with Crippen LogP contribution in [0.5, 0.6) is 0 Å². The molecule has 2 amide bonds. The van der Waals surface area contributed by atoms with E-state index in [1.807, 2.05) is 20.0 Å². The van der Waals surface area contributed by atoms with Gasteiger partial charge >= 0.3 is 6.03 Å². The highest BCUT2D eigenvalue weighted by Gasteiger charge is 2.10. The number of ether oxygens (including phenoxy) is 2. The summed E-state index contributed by atoms with van der Waals surface area (Å²) < 4.78 is 10.7. The van der Waals surface area contributed by atoms with Gasteiger partial charge in [0.25, 0.3) is 0 Å². The lowest BCUT2D eigenvalue weighted by atomic mass is 9.96. The molecule has 0 aromatic rings. The van der Waals surface area contributed by atoms with Gasteiger partial charge < -0.3 is 20.1 Å². The smallest absolute Gasteiger partial charge is 0.318 e. The highest BCUT2D eigenvalue weighted by molar-refractivity contribution is 5.74. The summed E-state index contributed by atoms with van der Waals surface area (Å²) in [4.78, 5) is 11.6. The second-order valence-corrected chi connectivity index (χ2v) is 4.56. The van der Waals surface area contributed by atoms with Gasteiger partial charge in [-0.05, 0) is 39.5 Å². The molecular weight excluding hydrogens is 244 g/mol. The molecular formula is C14H26N2O3. The van der Waals surface area contributed by atoms with Crippen LogP contribution in [0, 0.1) is 0 Å². The minimum absolute atomic E-state index is 0.206. The Morgan fingerprint density at radius 1 is 1.21 bits per heavy atom. The van der Waals surface area contributed by atoms with E-state index < -0.39 is 0 Å². The van der Waals surface area contributed by atoms with E-state index in [9.17, 15) is 4.79 Å². The van der Waals surface area contributed by atoms with Crippen molar-refractivity contribution in [1.29, 1.82) is 0 Å². The highest BCUT2D eigenvalue weighted by atomic mass is 16.7. The Balaban J connectivity index is 2.22. The molecule has 1 rings (SSSR count). The molecule has 0 bridgehead atoms. The first-order chi connectivity index (χ1) is 9.26. The predicted molar refractivity (Wildman–Crippen MR) is 74.7 cm³/mol. The lowest BCUT2D eigenvalue weighted by Gasteiger charge is -2.17. The fourth-order valence-corrected chi connectivity index (χ4v) is 2.08. The molecule has 0 unspecified atom stereocenters. The van der Waals surface area contributed by atoms with Crippen molar-refractivity contribution in [2.75, 3.05) is 19.8 Å². The number of urea groups is 1. The van der Waals surface area contributed by atoms with E-state index in [2.05, 4.69) is 10.6 Å². The van der Waals surface area contributed by atoms with Crippen molar-refractivity contribution in [2.45, 2.75) is 52.2 Å². The van der Waals surface area contributed by atoms with Gasteiger partial charge in [-0.3, -0.25) is 0 Å². The van der Waals surface area contributed by atoms with Gasteiger partial charge in [0, 0.05) is 19.4 Å². The molecule has 0 radical (unpaired) electrons. The molecule has 5 heteroatoms. The molecule has 19 heavy (non-hydrogen) atoms. The third-order valence-corrected chi connectivity index (χ3v) is 3.04. The Kier molecular flexibility index (Phi) is 8.25. The molecule has 1 aliphatic rings. The third kappa shape index (κ3) is 7.18. The van der Waals surface area contributed by atoms with Crippen LogP contribution in [0.2, 0.25) is 0 Å². The average molecular weight is 270 g/mol. The fourth-order valence-electron chi connectivity index (χ4n) is 2.08. The maximum atomic E-state index is 11.6. The average Bonchev–Trinajstić information content (AvgIpc) is 2.44. The monoisotopic (exact) mass is 270 g/mol. The molecule has 0 aliphatic heterocycles. The normalized spacial score (nSPS) is 15.4. The van der Waals surface area contributed by atoms with E-state index in [-0.39, 0.29) is 12.3 Å². The number of amides is 2. The van der Waals surface area contributed by atoms with Crippen LogP contribution >= 0.6 is 0 Å². The van der Waals surface area contributed by atoms with Gasteiger partial charge in [-0.2, -0.15) is 0 Å². The number of hydrogen-bond acceptors (Lipinski definition) is 3. The predicted octanol–water partition coefficient (Wildman–Crippen LogP) is 2.53. The quantitative estimate of drug-likeness (QED) is 0.699. The Morgan fingerprint density at radius 2 is 1.84 bits per heavy atom. The van der Waals surface area contributed by atoms with Gasteiger partial charge in [-0.15, -0.1) is 0 Å². The third-order valence-electron chi connectivity index (χ3n) is 3.04. The van der Waals surface area contributed by atoms with E-state index in [4.69, 9.17) is 9.47 Å². The second-order valence-electron chi connectivity index (χ2n) is 4.56. The molecule has 1 aliphatic carbocycles. The zero-order valence-electron chi connectivity index (χ0n) is 12.0. The molecule has 1 saturated carbocycles. The van der Waals surface area contributed by atoms with Gasteiger partial charge in [0.15, 0.2) is 6.29 Å². The van der Waals surface area contributed by atoms with Crippen molar-refractivity contribution in [2.24, 2.45) is 0 Å². The van der Waals surface area contributed by atoms with Crippen LogP contribution < -0.4 is 10.6 Å². The van der Waals surface area contributed by atoms with Crippen molar-refractivity contribution in [3.05, 3.63) is 11.8 Å². The van der Waals surface area contributed by atoms with Crippen LogP contribution in [0.3, 0.4) is 0 Å². The summed E-state index contributed by atoms with van der Waals surface area (Å²) in [6, 6.07) is -0.206. The van der Waals surface area contributed by atoms with Crippen LogP contribution in [0.4, 0.5) is 4.79 Å². The lowest BCUT2D eigenvalue weighted by molar-refractivity contribution is -0.131. The van der Waals surface area contributed by atoms with Crippen molar-refractivity contribution in [1.82, 2.24) is 10.6 Å². The molecule has 0 aromatic carbocycles. The van der Waals surface area contributed by atoms with Gasteiger partial charge in [0.2, 0.25) is 0 Å². The molecule has 0 aromatic heterocycles. The van der Waals surface area contributed by atoms with E-state index in [1.165, 1.54) is 24.8 Å². The van der Waals surface area contributed by atoms with Crippen molar-refractivity contribution >= 4 is 6.03 Å². The standard InChI is InChI=1S/C14H26N2O3/c1-3-18-13(19-4-2)11-16-14(17)15-10-12-8-6-5-7-9-12/h10,13H,3-9,11H2,1-2H3,(H2,15,16,17). The molecule has 0 heterocycles. The van der Waals surface area contributed by atoms with Crippen LogP contribution in [-0.4, -0.2) is 32.1 Å². The summed E-state index contributed by atoms with van der Waals surface area (Å²) in [7, 11) is 0. The molecule has 5 nitrogen and oxygen atoms in total. The largest absolute Gasteiger partial charge is 0.351 e. The van der Waals surface area contributed by atoms with E-state index in [1.54, 1.807) is 0 Å². The van der Waals surface area contributed by atoms with Crippen LogP contribution in [0.15, 0.2) is 11.8 Å². The number of rotatable bonds is 7. The minimum atomic E-state index is -0.372. The summed E-state index contributed by atoms with van der Waals surface area (Å²) in [5, 5.41) is 5.52. The topological polar surface area (TPSA) is 59.6 Å². The molecule has 0 spiro atoms. The Hall–Kier alpha value is -1.07. The van der Waals surface area contributed by atoms with Crippen LogP contribution in [0.1, 0.15) is 46.0 Å². The number of carbonyl (C=O) groups is 1. The fraction of sp³-hybridized carbons (Fsp3) is 0.786. The van der Waals surface area contributed by atoms with Gasteiger partial charge in [0.05, 0.1) is 6.54 Å². The maximum absolute atomic E-state index is 11.6. The first-order valence-electron chi connectivity index (χ1n) is 7.21. The molecule has 0 saturated heterocycles. The highest BCUT2D eigenvalue weighted by Crippen LogP contribution is 2.21. The summed E-state index contributed by atoms with van der Waals surface area (Å²) in [5.41, 5.74) is 1.33. The Labute approximate surface area is 115 Å². The van der Waals surface area contributed by atoms with Crippen molar-refractivity contribution in [3.63, 3.8) is 0 Å². The Bertz CT molecular complexity index is 278. The summed E-state index contributed by atoms with van der Waals surface area (Å²) >= 11 is 0. The molecule has 0 atom stereocenters. The zero-order valence-corrected chi connectivity index (χ0v) is 12.0. The maximum Gasteiger partial charge on any atom is 0.318 e. The SMILES string of the molecule is CCOC(CNC(=O)NC=C1CCCCC1)OCC. The summed E-state index contributed by atoms with van der Waals surface area (Å²) in [6.45, 7) is 5.30. The molecule has 1 fully saturated rings. The molecule has 110 valence electrons. The molecule has 2 N–H and O–H groups in total. The number of carbonyl (C=O) groups excluding carboxylic acids is 1. The van der Waals surface area contributed by atoms with Gasteiger partial charge in [-0.25, -0.2) is 4.79 Å². The van der Waals surface area contributed by atoms with Gasteiger partial charge in [-0.1, -0.05) is 12.0 Å². The zero-order chi connectivity index (χ0) is 13.9. The summed E-state index contributed by atoms with van der Waals surface area (Å²) in [6.07, 6.45) is 7.42. The Morgan fingerprint density at radius 3 is 2.42 bits per heavy atom. The minimum Gasteiger partial charge on any atom is -0.351 e. The van der Waals surface area contributed by atoms with E-state index >= 15 is 0 Å². The number of hydrogen-bond donors (Lipinski definition) is 2. The van der Waals surface area contributed by atoms with Gasteiger partial charge in [0.1, 0.15) is 0 Å². The first kappa shape index (κ1) is 16.0. The van der Waals surface area contributed by atoms with Crippen molar-refractivity contribution in [3.8, 4) is 0 Å².